The van der Waals surface area contributed by atoms with E-state index >= 15 is 0 Å². The fraction of sp³-hybridized carbons (Fsp3) is 0.357. The Balaban J connectivity index is 1.85. The third-order valence-electron chi connectivity index (χ3n) is 3.57. The molecule has 1 heterocycles. The highest BCUT2D eigenvalue weighted by Crippen LogP contribution is 2.37. The normalized spacial score (nSPS) is 21.3. The molecule has 5 heteroatoms. The summed E-state index contributed by atoms with van der Waals surface area (Å²) in [6.07, 6.45) is 1.08. The Morgan fingerprint density at radius 3 is 2.95 bits per heavy atom. The van der Waals surface area contributed by atoms with E-state index in [2.05, 4.69) is 17.1 Å². The Labute approximate surface area is 109 Å². The first-order chi connectivity index (χ1) is 9.16. The number of nitrogens with one attached hydrogen (secondary N) is 1. The van der Waals surface area contributed by atoms with Crippen LogP contribution < -0.4 is 5.43 Å². The molecule has 1 aromatic heterocycles. The van der Waals surface area contributed by atoms with Gasteiger partial charge in [-0.3, -0.25) is 9.89 Å². The summed E-state index contributed by atoms with van der Waals surface area (Å²) in [5.41, 5.74) is 0.0510. The van der Waals surface area contributed by atoms with Crippen molar-refractivity contribution in [1.29, 1.82) is 0 Å². The lowest BCUT2D eigenvalue weighted by Crippen LogP contribution is -2.21. The van der Waals surface area contributed by atoms with E-state index in [1.54, 1.807) is 24.3 Å². The molecule has 0 bridgehead atoms. The van der Waals surface area contributed by atoms with Gasteiger partial charge in [-0.2, -0.15) is 5.10 Å². The molecule has 0 unspecified atom stereocenters. The van der Waals surface area contributed by atoms with Crippen molar-refractivity contribution in [1.82, 2.24) is 10.2 Å². The average Bonchev–Trinajstić information content (AvgIpc) is 3.13. The maximum Gasteiger partial charge on any atom is 0.362 e. The predicted molar refractivity (Wildman–Crippen MR) is 69.9 cm³/mol. The van der Waals surface area contributed by atoms with E-state index in [9.17, 15) is 9.59 Å². The molecule has 2 aromatic rings. The SMILES string of the molecule is C[C@H]1C[C@H]1COC(=O)c1n[nH]c2ccccc2c1=O. The van der Waals surface area contributed by atoms with E-state index in [1.807, 2.05) is 0 Å². The number of ether oxygens (including phenoxy) is 1. The molecule has 0 aliphatic heterocycles. The zero-order chi connectivity index (χ0) is 13.4. The topological polar surface area (TPSA) is 72.0 Å². The minimum Gasteiger partial charge on any atom is -0.461 e. The third kappa shape index (κ3) is 2.23. The average molecular weight is 258 g/mol. The number of hydrogen-bond acceptors (Lipinski definition) is 4. The van der Waals surface area contributed by atoms with Gasteiger partial charge in [0.1, 0.15) is 0 Å². The smallest absolute Gasteiger partial charge is 0.362 e. The van der Waals surface area contributed by atoms with Crippen molar-refractivity contribution in [2.75, 3.05) is 6.61 Å². The van der Waals surface area contributed by atoms with Crippen LogP contribution in [0.4, 0.5) is 0 Å². The van der Waals surface area contributed by atoms with Crippen LogP contribution in [-0.4, -0.2) is 22.8 Å². The highest BCUT2D eigenvalue weighted by molar-refractivity contribution is 5.91. The second-order valence-electron chi connectivity index (χ2n) is 5.02. The Morgan fingerprint density at radius 1 is 1.47 bits per heavy atom. The summed E-state index contributed by atoms with van der Waals surface area (Å²) in [7, 11) is 0. The second-order valence-corrected chi connectivity index (χ2v) is 5.02. The Bertz CT molecular complexity index is 692. The molecule has 0 radical (unpaired) electrons. The molecule has 0 spiro atoms. The molecule has 0 amide bonds. The van der Waals surface area contributed by atoms with Crippen LogP contribution >= 0.6 is 0 Å². The van der Waals surface area contributed by atoms with Crippen LogP contribution in [0, 0.1) is 11.8 Å². The maximum absolute atomic E-state index is 12.1. The first-order valence-electron chi connectivity index (χ1n) is 6.31. The van der Waals surface area contributed by atoms with Gasteiger partial charge in [-0.25, -0.2) is 4.79 Å². The van der Waals surface area contributed by atoms with Crippen LogP contribution in [-0.2, 0) is 4.74 Å². The number of carbonyl (C=O) groups is 1. The predicted octanol–water partition coefficient (Wildman–Crippen LogP) is 1.74. The van der Waals surface area contributed by atoms with Gasteiger partial charge in [0.2, 0.25) is 11.1 Å². The van der Waals surface area contributed by atoms with Crippen molar-refractivity contribution in [3.8, 4) is 0 Å². The number of rotatable bonds is 3. The van der Waals surface area contributed by atoms with Crippen LogP contribution in [0.1, 0.15) is 23.8 Å². The fourth-order valence-electron chi connectivity index (χ4n) is 2.09. The summed E-state index contributed by atoms with van der Waals surface area (Å²) in [6.45, 7) is 2.48. The van der Waals surface area contributed by atoms with Crippen molar-refractivity contribution < 1.29 is 9.53 Å². The van der Waals surface area contributed by atoms with Gasteiger partial charge >= 0.3 is 5.97 Å². The Kier molecular flexibility index (Phi) is 2.81. The van der Waals surface area contributed by atoms with Crippen LogP contribution in [0.15, 0.2) is 29.1 Å². The molecule has 1 aromatic carbocycles. The number of nitrogens with zero attached hydrogens (tertiary/aromatic N) is 1. The second kappa shape index (κ2) is 4.50. The zero-order valence-electron chi connectivity index (χ0n) is 10.6. The van der Waals surface area contributed by atoms with Gasteiger partial charge in [0.05, 0.1) is 12.1 Å². The zero-order valence-corrected chi connectivity index (χ0v) is 10.6. The quantitative estimate of drug-likeness (QED) is 0.851. The van der Waals surface area contributed by atoms with E-state index in [4.69, 9.17) is 4.74 Å². The van der Waals surface area contributed by atoms with E-state index in [1.165, 1.54) is 0 Å². The number of aromatic nitrogens is 2. The lowest BCUT2D eigenvalue weighted by molar-refractivity contribution is 0.0472. The summed E-state index contributed by atoms with van der Waals surface area (Å²) in [5.74, 6) is 0.394. The molecule has 2 atom stereocenters. The summed E-state index contributed by atoms with van der Waals surface area (Å²) in [6, 6.07) is 6.95. The molecular formula is C14H14N2O3. The maximum atomic E-state index is 12.1. The van der Waals surface area contributed by atoms with Gasteiger partial charge in [-0.15, -0.1) is 0 Å². The molecule has 3 rings (SSSR count). The summed E-state index contributed by atoms with van der Waals surface area (Å²) < 4.78 is 5.13. The molecule has 98 valence electrons. The number of aromatic amines is 1. The monoisotopic (exact) mass is 258 g/mol. The minimum atomic E-state index is -0.647. The fourth-order valence-corrected chi connectivity index (χ4v) is 2.09. The molecule has 5 nitrogen and oxygen atoms in total. The summed E-state index contributed by atoms with van der Waals surface area (Å²) >= 11 is 0. The lowest BCUT2D eigenvalue weighted by Gasteiger charge is -2.03. The first-order valence-corrected chi connectivity index (χ1v) is 6.31. The number of benzene rings is 1. The molecular weight excluding hydrogens is 244 g/mol. The molecule has 1 N–H and O–H groups in total. The van der Waals surface area contributed by atoms with Crippen molar-refractivity contribution in [2.45, 2.75) is 13.3 Å². The number of hydrogen-bond donors (Lipinski definition) is 1. The van der Waals surface area contributed by atoms with Crippen molar-refractivity contribution in [3.63, 3.8) is 0 Å². The highest BCUT2D eigenvalue weighted by atomic mass is 16.5. The first kappa shape index (κ1) is 11.9. The molecule has 0 saturated heterocycles. The van der Waals surface area contributed by atoms with Gasteiger partial charge in [0.15, 0.2) is 0 Å². The van der Waals surface area contributed by atoms with Crippen molar-refractivity contribution >= 4 is 16.9 Å². The molecule has 19 heavy (non-hydrogen) atoms. The largest absolute Gasteiger partial charge is 0.461 e. The molecule has 1 aliphatic carbocycles. The van der Waals surface area contributed by atoms with Crippen LogP contribution in [0.25, 0.3) is 10.9 Å². The van der Waals surface area contributed by atoms with Crippen LogP contribution in [0.2, 0.25) is 0 Å². The van der Waals surface area contributed by atoms with Crippen molar-refractivity contribution in [2.24, 2.45) is 11.8 Å². The number of para-hydroxylation sites is 1. The number of fused-ring (bicyclic) bond motifs is 1. The van der Waals surface area contributed by atoms with Gasteiger partial charge < -0.3 is 4.74 Å². The van der Waals surface area contributed by atoms with E-state index in [-0.39, 0.29) is 11.1 Å². The minimum absolute atomic E-state index is 0.174. The molecule has 1 fully saturated rings. The number of H-pyrrole nitrogens is 1. The van der Waals surface area contributed by atoms with Crippen LogP contribution in [0.5, 0.6) is 0 Å². The number of esters is 1. The Hall–Kier alpha value is -2.17. The molecule has 1 aliphatic rings. The van der Waals surface area contributed by atoms with Gasteiger partial charge in [-0.1, -0.05) is 19.1 Å². The lowest BCUT2D eigenvalue weighted by atomic mass is 10.2. The summed E-state index contributed by atoms with van der Waals surface area (Å²) in [5, 5.41) is 6.96. The highest BCUT2D eigenvalue weighted by Gasteiger charge is 2.34. The Morgan fingerprint density at radius 2 is 2.21 bits per heavy atom. The van der Waals surface area contributed by atoms with E-state index in [0.29, 0.717) is 29.3 Å². The number of carbonyl (C=O) groups excluding carboxylic acids is 1. The van der Waals surface area contributed by atoms with E-state index < -0.39 is 5.97 Å². The van der Waals surface area contributed by atoms with Gasteiger partial charge in [0, 0.05) is 5.39 Å². The van der Waals surface area contributed by atoms with E-state index in [0.717, 1.165) is 6.42 Å². The summed E-state index contributed by atoms with van der Waals surface area (Å²) in [4.78, 5) is 24.0. The van der Waals surface area contributed by atoms with Crippen molar-refractivity contribution in [3.05, 3.63) is 40.2 Å². The van der Waals surface area contributed by atoms with Gasteiger partial charge in [0.25, 0.3) is 0 Å². The van der Waals surface area contributed by atoms with Crippen LogP contribution in [0.3, 0.4) is 0 Å². The standard InChI is InChI=1S/C14H14N2O3/c1-8-6-9(8)7-19-14(18)12-13(17)10-4-2-3-5-11(10)15-16-12/h2-5,8-9H,6-7H2,1H3,(H,15,17)/t8-,9-/m0/s1. The molecule has 1 saturated carbocycles. The third-order valence-corrected chi connectivity index (χ3v) is 3.57. The van der Waals surface area contributed by atoms with Gasteiger partial charge in [-0.05, 0) is 30.4 Å².